The number of hydrogen-bond acceptors (Lipinski definition) is 4. The van der Waals surface area contributed by atoms with Crippen molar-refractivity contribution in [1.29, 1.82) is 0 Å². The van der Waals surface area contributed by atoms with E-state index in [1.54, 1.807) is 0 Å². The molecule has 1 rings (SSSR count). The number of hydrogen-bond donors (Lipinski definition) is 1. The Labute approximate surface area is 93.2 Å². The van der Waals surface area contributed by atoms with Gasteiger partial charge in [-0.15, -0.1) is 0 Å². The largest absolute Gasteiger partial charge is 0.549 e. The molecule has 0 aliphatic heterocycles. The summed E-state index contributed by atoms with van der Waals surface area (Å²) in [7, 11) is -0.484. The number of nitrogens with two attached hydrogens (primary N) is 1. The Morgan fingerprint density at radius 1 is 1.27 bits per heavy atom. The first-order chi connectivity index (χ1) is 7.19. The van der Waals surface area contributed by atoms with E-state index in [0.717, 1.165) is 21.4 Å². The second-order valence-electron chi connectivity index (χ2n) is 2.76. The van der Waals surface area contributed by atoms with Crippen molar-refractivity contribution in [1.82, 2.24) is 0 Å². The van der Waals surface area contributed by atoms with Gasteiger partial charge >= 0.3 is 9.29 Å². The first-order valence-corrected chi connectivity index (χ1v) is 6.74. The molecule has 1 aromatic rings. The summed E-state index contributed by atoms with van der Waals surface area (Å²) in [5.41, 5.74) is 7.31. The third-order valence-electron chi connectivity index (χ3n) is 1.83. The molecule has 80 valence electrons. The number of carbonyl (C=O) groups is 1. The maximum Gasteiger partial charge on any atom is 0.549 e. The van der Waals surface area contributed by atoms with Gasteiger partial charge in [0.1, 0.15) is 0 Å². The normalized spacial score (nSPS) is 8.60. The highest BCUT2D eigenvalue weighted by Crippen LogP contribution is 2.05. The van der Waals surface area contributed by atoms with Gasteiger partial charge in [0.15, 0.2) is 5.78 Å². The van der Waals surface area contributed by atoms with Crippen LogP contribution in [0.3, 0.4) is 0 Å². The van der Waals surface area contributed by atoms with Crippen LogP contribution < -0.4 is 5.73 Å². The van der Waals surface area contributed by atoms with Crippen molar-refractivity contribution in [2.45, 2.75) is 12.6 Å². The molecule has 4 nitrogen and oxygen atoms in total. The Balaban J connectivity index is 0.000000583. The molecule has 6 heteroatoms. The minimum absolute atomic E-state index is 0.241. The van der Waals surface area contributed by atoms with Crippen LogP contribution in [0.4, 0.5) is 0 Å². The van der Waals surface area contributed by atoms with Crippen LogP contribution in [0.15, 0.2) is 24.3 Å². The van der Waals surface area contributed by atoms with Gasteiger partial charge in [0.05, 0.1) is 0 Å². The van der Waals surface area contributed by atoms with Crippen LogP contribution in [0.25, 0.3) is 0 Å². The third-order valence-corrected chi connectivity index (χ3v) is 2.47. The molecule has 0 fully saturated rings. The van der Waals surface area contributed by atoms with E-state index < -0.39 is 9.29 Å². The van der Waals surface area contributed by atoms with Gasteiger partial charge in [0.2, 0.25) is 0 Å². The van der Waals surface area contributed by atoms with E-state index in [1.807, 2.05) is 24.3 Å². The zero-order valence-corrected chi connectivity index (χ0v) is 11.5. The highest BCUT2D eigenvalue weighted by molar-refractivity contribution is 6.23. The predicted octanol–water partition coefficient (Wildman–Crippen LogP) is -0.507. The molecule has 0 spiro atoms. The van der Waals surface area contributed by atoms with E-state index in [2.05, 4.69) is 0 Å². The summed E-state index contributed by atoms with van der Waals surface area (Å²) >= 11 is 0. The molecule has 2 N–H and O–H groups in total. The standard InChI is InChI=1S/C9H13NOSi.O2Si/c10-5-7-1-3-8(4-2-7)9(11)6-12;1-3-2/h1-4H,5-6,10H2,12H3;. The molecule has 15 heavy (non-hydrogen) atoms. The molecule has 0 amide bonds. The second kappa shape index (κ2) is 8.21. The van der Waals surface area contributed by atoms with Gasteiger partial charge in [-0.05, 0) is 11.6 Å². The molecule has 0 heterocycles. The molecule has 1 aromatic carbocycles. The van der Waals surface area contributed by atoms with Gasteiger partial charge in [-0.2, -0.15) is 0 Å². The molecule has 0 saturated heterocycles. The molecule has 0 unspecified atom stereocenters. The third kappa shape index (κ3) is 5.35. The molecule has 0 aliphatic carbocycles. The maximum atomic E-state index is 11.2. The average Bonchev–Trinajstić information content (AvgIpc) is 2.29. The minimum atomic E-state index is -1.42. The van der Waals surface area contributed by atoms with Crippen molar-refractivity contribution in [3.63, 3.8) is 0 Å². The predicted molar refractivity (Wildman–Crippen MR) is 60.5 cm³/mol. The molecule has 0 atom stereocenters. The Morgan fingerprint density at radius 3 is 2.07 bits per heavy atom. The van der Waals surface area contributed by atoms with Gasteiger partial charge in [-0.1, -0.05) is 24.3 Å². The zero-order valence-electron chi connectivity index (χ0n) is 8.53. The van der Waals surface area contributed by atoms with Gasteiger partial charge < -0.3 is 5.73 Å². The minimum Gasteiger partial charge on any atom is -0.326 e. The summed E-state index contributed by atoms with van der Waals surface area (Å²) in [6.45, 7) is 0.537. The van der Waals surface area contributed by atoms with E-state index in [-0.39, 0.29) is 5.78 Å². The highest BCUT2D eigenvalue weighted by Gasteiger charge is 2.00. The molecule has 0 aliphatic rings. The summed E-state index contributed by atoms with van der Waals surface area (Å²) in [6.07, 6.45) is 0. The van der Waals surface area contributed by atoms with Crippen molar-refractivity contribution >= 4 is 25.3 Å². The molecular formula is C9H13NO3Si2. The van der Waals surface area contributed by atoms with Crippen molar-refractivity contribution in [2.75, 3.05) is 0 Å². The fraction of sp³-hybridized carbons (Fsp3) is 0.222. The van der Waals surface area contributed by atoms with Crippen LogP contribution in [0.5, 0.6) is 0 Å². The lowest BCUT2D eigenvalue weighted by Gasteiger charge is -1.99. The zero-order chi connectivity index (χ0) is 11.7. The fourth-order valence-corrected chi connectivity index (χ4v) is 1.44. The van der Waals surface area contributed by atoms with Crippen LogP contribution in [0, 0.1) is 0 Å². The van der Waals surface area contributed by atoms with E-state index in [9.17, 15) is 4.79 Å². The average molecular weight is 239 g/mol. The molecule has 0 radical (unpaired) electrons. The lowest BCUT2D eigenvalue weighted by molar-refractivity contribution is 0.101. The van der Waals surface area contributed by atoms with Crippen molar-refractivity contribution in [3.05, 3.63) is 35.4 Å². The summed E-state index contributed by atoms with van der Waals surface area (Å²) in [5, 5.41) is 0. The fourth-order valence-electron chi connectivity index (χ4n) is 1.03. The topological polar surface area (TPSA) is 77.2 Å². The molecular weight excluding hydrogens is 226 g/mol. The Morgan fingerprint density at radius 2 is 1.73 bits per heavy atom. The number of ketones is 1. The van der Waals surface area contributed by atoms with Crippen molar-refractivity contribution < 1.29 is 13.7 Å². The SMILES string of the molecule is NCc1ccc(C(=O)C[SiH3])cc1.O=[Si]=O. The van der Waals surface area contributed by atoms with Crippen LogP contribution in [-0.2, 0) is 15.5 Å². The van der Waals surface area contributed by atoms with E-state index in [0.29, 0.717) is 12.6 Å². The lowest BCUT2D eigenvalue weighted by Crippen LogP contribution is -1.99. The first-order valence-electron chi connectivity index (χ1n) is 4.51. The monoisotopic (exact) mass is 239 g/mol. The van der Waals surface area contributed by atoms with E-state index in [1.165, 1.54) is 0 Å². The highest BCUT2D eigenvalue weighted by atomic mass is 28.2. The molecule has 0 saturated carbocycles. The van der Waals surface area contributed by atoms with E-state index in [4.69, 9.17) is 14.7 Å². The molecule has 0 bridgehead atoms. The van der Waals surface area contributed by atoms with Gasteiger partial charge in [-0.3, -0.25) is 13.7 Å². The van der Waals surface area contributed by atoms with E-state index >= 15 is 0 Å². The summed E-state index contributed by atoms with van der Waals surface area (Å²) in [5.74, 6) is 0.241. The maximum absolute atomic E-state index is 11.2. The quantitative estimate of drug-likeness (QED) is 0.569. The van der Waals surface area contributed by atoms with Crippen molar-refractivity contribution in [2.24, 2.45) is 5.73 Å². The van der Waals surface area contributed by atoms with Crippen LogP contribution >= 0.6 is 0 Å². The van der Waals surface area contributed by atoms with Crippen LogP contribution in [0.2, 0.25) is 6.04 Å². The number of rotatable bonds is 3. The summed E-state index contributed by atoms with van der Waals surface area (Å²) in [6, 6.07) is 8.21. The lowest BCUT2D eigenvalue weighted by atomic mass is 10.1. The summed E-state index contributed by atoms with van der Waals surface area (Å²) < 4.78 is 16.8. The Hall–Kier alpha value is -1.12. The Kier molecular flexibility index (Phi) is 7.60. The van der Waals surface area contributed by atoms with Crippen molar-refractivity contribution in [3.8, 4) is 0 Å². The molecule has 0 aromatic heterocycles. The number of carbonyl (C=O) groups excluding carboxylic acids is 1. The van der Waals surface area contributed by atoms with Gasteiger partial charge in [-0.25, -0.2) is 0 Å². The number of Topliss-reactive ketones (excluding diaryl/α,β-unsaturated/α-hetero) is 1. The van der Waals surface area contributed by atoms with Crippen LogP contribution in [-0.4, -0.2) is 25.3 Å². The van der Waals surface area contributed by atoms with Crippen LogP contribution in [0.1, 0.15) is 15.9 Å². The smallest absolute Gasteiger partial charge is 0.326 e. The second-order valence-corrected chi connectivity index (χ2v) is 3.63. The first kappa shape index (κ1) is 13.9. The van der Waals surface area contributed by atoms with Gasteiger partial charge in [0, 0.05) is 22.4 Å². The number of benzene rings is 1. The Bertz CT molecular complexity index is 345. The van der Waals surface area contributed by atoms with Gasteiger partial charge in [0.25, 0.3) is 0 Å². The summed E-state index contributed by atoms with van der Waals surface area (Å²) in [4.78, 5) is 11.2.